The maximum absolute atomic E-state index is 11.1. The molecule has 0 aliphatic heterocycles. The number of unbranched alkanes of at least 4 members (excludes halogenated alkanes) is 3. The summed E-state index contributed by atoms with van der Waals surface area (Å²) in [6.07, 6.45) is 9.44. The van der Waals surface area contributed by atoms with Crippen LogP contribution in [0, 0.1) is 0 Å². The summed E-state index contributed by atoms with van der Waals surface area (Å²) in [4.78, 5) is 11.1. The van der Waals surface area contributed by atoms with Crippen LogP contribution in [0.1, 0.15) is 43.6 Å². The Morgan fingerprint density at radius 1 is 1.22 bits per heavy atom. The highest BCUT2D eigenvalue weighted by Crippen LogP contribution is 2.13. The van der Waals surface area contributed by atoms with E-state index in [1.54, 1.807) is 0 Å². The van der Waals surface area contributed by atoms with Gasteiger partial charge in [-0.2, -0.15) is 0 Å². The van der Waals surface area contributed by atoms with E-state index >= 15 is 0 Å². The third-order valence-corrected chi connectivity index (χ3v) is 5.49. The van der Waals surface area contributed by atoms with E-state index in [4.69, 9.17) is 9.26 Å². The van der Waals surface area contributed by atoms with E-state index in [1.807, 2.05) is 18.2 Å². The normalized spacial score (nSPS) is 11.8. The lowest BCUT2D eigenvalue weighted by molar-refractivity contribution is -0.142. The average Bonchev–Trinajstić information content (AvgIpc) is 3.37. The SMILES string of the molecule is C=C/C=c1\c(=C)c2ccccc2n1CCCCCCc1cc(COCCC(=O)OC)on1. The second-order valence-corrected chi connectivity index (χ2v) is 7.76. The van der Waals surface area contributed by atoms with Crippen LogP contribution >= 0.6 is 0 Å². The number of ether oxygens (including phenoxy) is 2. The fraction of sp³-hybridized carbons (Fsp3) is 0.385. The van der Waals surface area contributed by atoms with Gasteiger partial charge in [0.1, 0.15) is 6.61 Å². The second-order valence-electron chi connectivity index (χ2n) is 7.76. The van der Waals surface area contributed by atoms with Crippen molar-refractivity contribution in [3.63, 3.8) is 0 Å². The van der Waals surface area contributed by atoms with Gasteiger partial charge in [-0.25, -0.2) is 0 Å². The molecular formula is C26H32N2O4. The number of hydrogen-bond donors (Lipinski definition) is 0. The number of hydrogen-bond acceptors (Lipinski definition) is 5. The number of aromatic nitrogens is 2. The Hall–Kier alpha value is -3.12. The van der Waals surface area contributed by atoms with E-state index in [9.17, 15) is 4.79 Å². The first-order valence-corrected chi connectivity index (χ1v) is 11.1. The molecule has 0 fully saturated rings. The molecule has 0 unspecified atom stereocenters. The molecule has 0 amide bonds. The van der Waals surface area contributed by atoms with Crippen LogP contribution < -0.4 is 10.6 Å². The van der Waals surface area contributed by atoms with Crippen molar-refractivity contribution in [3.05, 3.63) is 65.0 Å². The summed E-state index contributed by atoms with van der Waals surface area (Å²) in [7, 11) is 1.37. The molecule has 0 N–H and O–H groups in total. The summed E-state index contributed by atoms with van der Waals surface area (Å²) in [6.45, 7) is 9.71. The van der Waals surface area contributed by atoms with Gasteiger partial charge in [0.15, 0.2) is 5.76 Å². The van der Waals surface area contributed by atoms with E-state index in [0.717, 1.165) is 54.9 Å². The van der Waals surface area contributed by atoms with Crippen LogP contribution in [-0.2, 0) is 33.8 Å². The number of carbonyl (C=O) groups is 1. The van der Waals surface area contributed by atoms with Crippen LogP contribution in [0.15, 0.2) is 47.5 Å². The Morgan fingerprint density at radius 3 is 2.84 bits per heavy atom. The van der Waals surface area contributed by atoms with Crippen LogP contribution in [0.5, 0.6) is 0 Å². The van der Waals surface area contributed by atoms with Crippen LogP contribution in [0.25, 0.3) is 23.6 Å². The molecule has 2 aromatic heterocycles. The minimum atomic E-state index is -0.282. The van der Waals surface area contributed by atoms with E-state index in [1.165, 1.54) is 18.0 Å². The highest BCUT2D eigenvalue weighted by atomic mass is 16.5. The van der Waals surface area contributed by atoms with Crippen molar-refractivity contribution in [1.82, 2.24) is 9.72 Å². The number of methoxy groups -OCH3 is 1. The number of rotatable bonds is 13. The second kappa shape index (κ2) is 12.1. The van der Waals surface area contributed by atoms with E-state index in [-0.39, 0.29) is 12.4 Å². The number of allylic oxidation sites excluding steroid dienone is 1. The molecule has 0 aliphatic rings. The van der Waals surface area contributed by atoms with E-state index < -0.39 is 0 Å². The molecular weight excluding hydrogens is 404 g/mol. The van der Waals surface area contributed by atoms with E-state index in [0.29, 0.717) is 19.0 Å². The van der Waals surface area contributed by atoms with Gasteiger partial charge < -0.3 is 18.6 Å². The van der Waals surface area contributed by atoms with Crippen molar-refractivity contribution in [1.29, 1.82) is 0 Å². The minimum Gasteiger partial charge on any atom is -0.469 e. The van der Waals surface area contributed by atoms with Gasteiger partial charge in [0.2, 0.25) is 0 Å². The highest BCUT2D eigenvalue weighted by Gasteiger charge is 2.07. The molecule has 6 heteroatoms. The fourth-order valence-corrected chi connectivity index (χ4v) is 3.84. The summed E-state index contributed by atoms with van der Waals surface area (Å²) in [5.41, 5.74) is 2.17. The number of fused-ring (bicyclic) bond motifs is 1. The van der Waals surface area contributed by atoms with Gasteiger partial charge >= 0.3 is 5.97 Å². The smallest absolute Gasteiger partial charge is 0.307 e. The molecule has 0 aliphatic carbocycles. The summed E-state index contributed by atoms with van der Waals surface area (Å²) in [6, 6.07) is 10.4. The number of esters is 1. The quantitative estimate of drug-likeness (QED) is 0.300. The summed E-state index contributed by atoms with van der Waals surface area (Å²) in [5, 5.41) is 7.52. The lowest BCUT2D eigenvalue weighted by Crippen LogP contribution is -2.28. The maximum Gasteiger partial charge on any atom is 0.307 e. The molecule has 3 aromatic rings. The summed E-state index contributed by atoms with van der Waals surface area (Å²) >= 11 is 0. The van der Waals surface area contributed by atoms with Crippen molar-refractivity contribution in [2.45, 2.75) is 51.7 Å². The van der Waals surface area contributed by atoms with Crippen LogP contribution in [0.3, 0.4) is 0 Å². The number of carbonyl (C=O) groups excluding carboxylic acids is 1. The third kappa shape index (κ3) is 6.20. The van der Waals surface area contributed by atoms with E-state index in [2.05, 4.69) is 51.9 Å². The van der Waals surface area contributed by atoms with Gasteiger partial charge in [-0.1, -0.05) is 55.4 Å². The van der Waals surface area contributed by atoms with Crippen molar-refractivity contribution >= 4 is 29.5 Å². The Balaban J connectivity index is 1.40. The standard InChI is InChI=1S/C26H32N2O4/c1-4-11-24-20(2)23-13-8-9-14-25(23)28(24)16-10-6-5-7-12-21-18-22(32-27-21)19-31-17-15-26(29)30-3/h4,8-9,11,13-14,18H,1-2,5-7,10,12,15-17,19H2,3H3/b24-11+. The first kappa shape index (κ1) is 23.5. The van der Waals surface area contributed by atoms with Gasteiger partial charge in [0, 0.05) is 34.1 Å². The number of aryl methyl sites for hydroxylation is 2. The van der Waals surface area contributed by atoms with Gasteiger partial charge in [0.05, 0.1) is 25.8 Å². The van der Waals surface area contributed by atoms with Crippen LogP contribution in [0.2, 0.25) is 0 Å². The predicted molar refractivity (Wildman–Crippen MR) is 126 cm³/mol. The Bertz CT molecular complexity index is 1140. The molecule has 6 nitrogen and oxygen atoms in total. The average molecular weight is 437 g/mol. The molecule has 0 saturated carbocycles. The molecule has 1 aromatic carbocycles. The zero-order chi connectivity index (χ0) is 22.8. The minimum absolute atomic E-state index is 0.236. The lowest BCUT2D eigenvalue weighted by atomic mass is 10.1. The molecule has 2 heterocycles. The van der Waals surface area contributed by atoms with Gasteiger partial charge in [0.25, 0.3) is 0 Å². The van der Waals surface area contributed by atoms with Crippen LogP contribution in [-0.4, -0.2) is 29.4 Å². The highest BCUT2D eigenvalue weighted by molar-refractivity contribution is 5.81. The number of benzene rings is 1. The Morgan fingerprint density at radius 2 is 2.03 bits per heavy atom. The van der Waals surface area contributed by atoms with Gasteiger partial charge in [-0.05, 0) is 31.4 Å². The fourth-order valence-electron chi connectivity index (χ4n) is 3.84. The lowest BCUT2D eigenvalue weighted by Gasteiger charge is -2.06. The number of para-hydroxylation sites is 1. The van der Waals surface area contributed by atoms with Crippen molar-refractivity contribution in [3.8, 4) is 0 Å². The molecule has 0 atom stereocenters. The monoisotopic (exact) mass is 436 g/mol. The first-order chi connectivity index (χ1) is 15.6. The number of nitrogens with zero attached hydrogens (tertiary/aromatic N) is 2. The van der Waals surface area contributed by atoms with Gasteiger partial charge in [-0.3, -0.25) is 4.79 Å². The first-order valence-electron chi connectivity index (χ1n) is 11.1. The Labute approximate surface area is 188 Å². The molecule has 0 spiro atoms. The van der Waals surface area contributed by atoms with Crippen molar-refractivity contribution in [2.75, 3.05) is 13.7 Å². The zero-order valence-corrected chi connectivity index (χ0v) is 18.8. The summed E-state index contributed by atoms with van der Waals surface area (Å²) in [5.74, 6) is 0.398. The predicted octanol–water partition coefficient (Wildman–Crippen LogP) is 3.89. The van der Waals surface area contributed by atoms with Crippen LogP contribution in [0.4, 0.5) is 0 Å². The molecule has 0 radical (unpaired) electrons. The largest absolute Gasteiger partial charge is 0.469 e. The maximum atomic E-state index is 11.1. The van der Waals surface area contributed by atoms with Crippen molar-refractivity contribution in [2.24, 2.45) is 0 Å². The topological polar surface area (TPSA) is 66.5 Å². The van der Waals surface area contributed by atoms with Crippen molar-refractivity contribution < 1.29 is 18.8 Å². The summed E-state index contributed by atoms with van der Waals surface area (Å²) < 4.78 is 17.6. The molecule has 3 rings (SSSR count). The molecule has 32 heavy (non-hydrogen) atoms. The third-order valence-electron chi connectivity index (χ3n) is 5.49. The van der Waals surface area contributed by atoms with Gasteiger partial charge in [-0.15, -0.1) is 0 Å². The zero-order valence-electron chi connectivity index (χ0n) is 18.8. The molecule has 0 bridgehead atoms. The molecule has 0 saturated heterocycles. The molecule has 170 valence electrons. The Kier molecular flexibility index (Phi) is 8.87.